The highest BCUT2D eigenvalue weighted by Gasteiger charge is 2.28. The zero-order valence-corrected chi connectivity index (χ0v) is 13.7. The first-order chi connectivity index (χ1) is 11.0. The molecular formula is C17H24N2O4. The van der Waals surface area contributed by atoms with E-state index in [2.05, 4.69) is 4.98 Å². The van der Waals surface area contributed by atoms with Crippen LogP contribution >= 0.6 is 0 Å². The molecule has 0 aliphatic carbocycles. The minimum absolute atomic E-state index is 0.104. The Kier molecular flexibility index (Phi) is 6.10. The van der Waals surface area contributed by atoms with Crippen LogP contribution in [0.1, 0.15) is 60.5 Å². The number of ether oxygens (including phenoxy) is 1. The molecule has 0 spiro atoms. The van der Waals surface area contributed by atoms with Gasteiger partial charge in [0.15, 0.2) is 0 Å². The van der Waals surface area contributed by atoms with Gasteiger partial charge in [0.2, 0.25) is 0 Å². The number of likely N-dealkylation sites (tertiary alicyclic amines) is 1. The number of nitrogens with zero attached hydrogens (tertiary/aromatic N) is 2. The van der Waals surface area contributed by atoms with E-state index in [0.29, 0.717) is 13.2 Å². The molecule has 2 heterocycles. The maximum atomic E-state index is 12.7. The number of rotatable bonds is 6. The highest BCUT2D eigenvalue weighted by atomic mass is 16.5. The van der Waals surface area contributed by atoms with Crippen molar-refractivity contribution in [1.29, 1.82) is 0 Å². The third-order valence-electron chi connectivity index (χ3n) is 3.98. The van der Waals surface area contributed by atoms with Crippen LogP contribution in [-0.2, 0) is 4.74 Å². The van der Waals surface area contributed by atoms with Crippen LogP contribution in [0.5, 0.6) is 0 Å². The molecular weight excluding hydrogens is 296 g/mol. The number of pyridine rings is 1. The molecule has 126 valence electrons. The number of amides is 1. The number of aromatic nitrogens is 1. The van der Waals surface area contributed by atoms with E-state index < -0.39 is 5.97 Å². The maximum absolute atomic E-state index is 12.7. The van der Waals surface area contributed by atoms with Gasteiger partial charge in [-0.15, -0.1) is 0 Å². The van der Waals surface area contributed by atoms with Crippen LogP contribution < -0.4 is 0 Å². The van der Waals surface area contributed by atoms with Gasteiger partial charge >= 0.3 is 5.97 Å². The van der Waals surface area contributed by atoms with E-state index in [1.807, 2.05) is 18.7 Å². The Hall–Kier alpha value is -1.95. The van der Waals surface area contributed by atoms with Gasteiger partial charge in [-0.05, 0) is 51.7 Å². The fourth-order valence-electron chi connectivity index (χ4n) is 2.83. The predicted molar refractivity (Wildman–Crippen MR) is 85.6 cm³/mol. The Morgan fingerprint density at radius 1 is 1.35 bits per heavy atom. The quantitative estimate of drug-likeness (QED) is 0.871. The number of carbonyl (C=O) groups excluding carboxylic acids is 1. The van der Waals surface area contributed by atoms with Gasteiger partial charge < -0.3 is 14.7 Å². The van der Waals surface area contributed by atoms with Crippen LogP contribution in [0.15, 0.2) is 18.2 Å². The summed E-state index contributed by atoms with van der Waals surface area (Å²) in [5, 5.41) is 9.02. The first-order valence-corrected chi connectivity index (χ1v) is 8.12. The second-order valence-corrected chi connectivity index (χ2v) is 6.07. The predicted octanol–water partition coefficient (Wildman–Crippen LogP) is 2.59. The highest BCUT2D eigenvalue weighted by Crippen LogP contribution is 2.22. The Bertz CT molecular complexity index is 559. The average molecular weight is 320 g/mol. The highest BCUT2D eigenvalue weighted by molar-refractivity contribution is 5.94. The number of hydrogen-bond donors (Lipinski definition) is 1. The van der Waals surface area contributed by atoms with E-state index in [4.69, 9.17) is 9.84 Å². The molecule has 0 saturated carbocycles. The van der Waals surface area contributed by atoms with E-state index in [9.17, 15) is 9.59 Å². The van der Waals surface area contributed by atoms with Crippen molar-refractivity contribution in [2.75, 3.05) is 13.2 Å². The summed E-state index contributed by atoms with van der Waals surface area (Å²) in [6.45, 7) is 5.29. The smallest absolute Gasteiger partial charge is 0.354 e. The Balaban J connectivity index is 2.08. The number of hydrogen-bond acceptors (Lipinski definition) is 4. The van der Waals surface area contributed by atoms with Gasteiger partial charge in [0.05, 0.1) is 6.10 Å². The topological polar surface area (TPSA) is 79.7 Å². The zero-order valence-electron chi connectivity index (χ0n) is 13.7. The molecule has 1 N–H and O–H groups in total. The van der Waals surface area contributed by atoms with Crippen LogP contribution in [-0.4, -0.2) is 52.2 Å². The van der Waals surface area contributed by atoms with E-state index in [1.54, 1.807) is 12.1 Å². The third kappa shape index (κ3) is 4.76. The normalized spacial score (nSPS) is 18.2. The molecule has 1 aliphatic heterocycles. The number of carbonyl (C=O) groups is 2. The van der Waals surface area contributed by atoms with Crippen molar-refractivity contribution >= 4 is 11.9 Å². The second-order valence-electron chi connectivity index (χ2n) is 6.07. The maximum Gasteiger partial charge on any atom is 0.354 e. The summed E-state index contributed by atoms with van der Waals surface area (Å²) in [5.74, 6) is -1.32. The van der Waals surface area contributed by atoms with Gasteiger partial charge in [0.25, 0.3) is 5.91 Å². The molecule has 1 fully saturated rings. The summed E-state index contributed by atoms with van der Waals surface area (Å²) in [4.78, 5) is 29.5. The summed E-state index contributed by atoms with van der Waals surface area (Å²) in [5.41, 5.74) is 0.0918. The molecule has 1 amide bonds. The van der Waals surface area contributed by atoms with Crippen molar-refractivity contribution in [1.82, 2.24) is 9.88 Å². The second kappa shape index (κ2) is 8.06. The largest absolute Gasteiger partial charge is 0.477 e. The van der Waals surface area contributed by atoms with Crippen molar-refractivity contribution in [2.24, 2.45) is 0 Å². The molecule has 6 nitrogen and oxygen atoms in total. The summed E-state index contributed by atoms with van der Waals surface area (Å²) in [7, 11) is 0. The van der Waals surface area contributed by atoms with E-state index in [-0.39, 0.29) is 29.4 Å². The van der Waals surface area contributed by atoms with E-state index in [0.717, 1.165) is 25.7 Å². The molecule has 2 rings (SSSR count). The summed E-state index contributed by atoms with van der Waals surface area (Å²) >= 11 is 0. The minimum atomic E-state index is -1.12. The van der Waals surface area contributed by atoms with Gasteiger partial charge in [0.1, 0.15) is 11.4 Å². The molecule has 1 saturated heterocycles. The van der Waals surface area contributed by atoms with Gasteiger partial charge in [-0.1, -0.05) is 6.07 Å². The fraction of sp³-hybridized carbons (Fsp3) is 0.588. The molecule has 0 unspecified atom stereocenters. The van der Waals surface area contributed by atoms with E-state index >= 15 is 0 Å². The summed E-state index contributed by atoms with van der Waals surface area (Å²) < 4.78 is 5.60. The molecule has 23 heavy (non-hydrogen) atoms. The molecule has 6 heteroatoms. The SMILES string of the molecule is CC(C)OCC[C@H]1CCCCN1C(=O)c1cccc(C(=O)O)n1. The van der Waals surface area contributed by atoms with Gasteiger partial charge in [0, 0.05) is 19.2 Å². The lowest BCUT2D eigenvalue weighted by atomic mass is 9.99. The molecule has 1 aromatic rings. The standard InChI is InChI=1S/C17H24N2O4/c1-12(2)23-11-9-13-6-3-4-10-19(13)16(20)14-7-5-8-15(18-14)17(21)22/h5,7-8,12-13H,3-4,6,9-11H2,1-2H3,(H,21,22)/t13-/m1/s1. The third-order valence-corrected chi connectivity index (χ3v) is 3.98. The van der Waals surface area contributed by atoms with Crippen molar-refractivity contribution in [3.05, 3.63) is 29.6 Å². The number of aromatic carboxylic acids is 1. The van der Waals surface area contributed by atoms with Crippen molar-refractivity contribution in [2.45, 2.75) is 51.7 Å². The minimum Gasteiger partial charge on any atom is -0.477 e. The first-order valence-electron chi connectivity index (χ1n) is 8.12. The van der Waals surface area contributed by atoms with Gasteiger partial charge in [-0.25, -0.2) is 9.78 Å². The fourth-order valence-corrected chi connectivity index (χ4v) is 2.83. The lowest BCUT2D eigenvalue weighted by molar-refractivity contribution is 0.0395. The van der Waals surface area contributed by atoms with Crippen molar-refractivity contribution in [3.8, 4) is 0 Å². The van der Waals surface area contributed by atoms with Crippen LogP contribution in [0, 0.1) is 0 Å². The number of carboxylic acids is 1. The summed E-state index contributed by atoms with van der Waals surface area (Å²) in [6.07, 6.45) is 3.98. The lowest BCUT2D eigenvalue weighted by Crippen LogP contribution is -2.44. The van der Waals surface area contributed by atoms with Crippen molar-refractivity contribution < 1.29 is 19.4 Å². The lowest BCUT2D eigenvalue weighted by Gasteiger charge is -2.35. The van der Waals surface area contributed by atoms with Gasteiger partial charge in [-0.3, -0.25) is 4.79 Å². The van der Waals surface area contributed by atoms with E-state index in [1.165, 1.54) is 6.07 Å². The zero-order chi connectivity index (χ0) is 16.8. The monoisotopic (exact) mass is 320 g/mol. The molecule has 1 atom stereocenters. The molecule has 0 bridgehead atoms. The van der Waals surface area contributed by atoms with Crippen LogP contribution in [0.25, 0.3) is 0 Å². The Morgan fingerprint density at radius 2 is 2.09 bits per heavy atom. The van der Waals surface area contributed by atoms with Gasteiger partial charge in [-0.2, -0.15) is 0 Å². The van der Waals surface area contributed by atoms with Crippen LogP contribution in [0.3, 0.4) is 0 Å². The number of carboxylic acid groups (broad SMARTS) is 1. The molecule has 0 radical (unpaired) electrons. The van der Waals surface area contributed by atoms with Crippen LogP contribution in [0.2, 0.25) is 0 Å². The Labute approximate surface area is 136 Å². The molecule has 1 aromatic heterocycles. The first kappa shape index (κ1) is 17.4. The average Bonchev–Trinajstić information content (AvgIpc) is 2.54. The van der Waals surface area contributed by atoms with Crippen molar-refractivity contribution in [3.63, 3.8) is 0 Å². The summed E-state index contributed by atoms with van der Waals surface area (Å²) in [6, 6.07) is 4.66. The Morgan fingerprint density at radius 3 is 2.78 bits per heavy atom. The number of piperidine rings is 1. The van der Waals surface area contributed by atoms with Crippen LogP contribution in [0.4, 0.5) is 0 Å². The molecule has 1 aliphatic rings. The molecule has 0 aromatic carbocycles.